The van der Waals surface area contributed by atoms with Crippen molar-refractivity contribution in [2.24, 2.45) is 5.92 Å². The Morgan fingerprint density at radius 2 is 2.06 bits per heavy atom. The van der Waals surface area contributed by atoms with Gasteiger partial charge in [-0.15, -0.1) is 0 Å². The van der Waals surface area contributed by atoms with E-state index in [1.807, 2.05) is 13.8 Å². The number of carbonyl (C=O) groups excluding carboxylic acids is 1. The number of carboxylic acid groups (broad SMARTS) is 1. The van der Waals surface area contributed by atoms with Crippen molar-refractivity contribution in [3.63, 3.8) is 0 Å². The van der Waals surface area contributed by atoms with Crippen molar-refractivity contribution in [3.05, 3.63) is 23.8 Å². The molecule has 2 N–H and O–H groups in total. The van der Waals surface area contributed by atoms with Crippen molar-refractivity contribution in [3.8, 4) is 5.75 Å². The van der Waals surface area contributed by atoms with Gasteiger partial charge in [0.15, 0.2) is 0 Å². The Kier molecular flexibility index (Phi) is 4.71. The van der Waals surface area contributed by atoms with Crippen LogP contribution in [0.15, 0.2) is 18.2 Å². The summed E-state index contributed by atoms with van der Waals surface area (Å²) in [4.78, 5) is 22.4. The summed E-state index contributed by atoms with van der Waals surface area (Å²) in [6.07, 6.45) is 0.407. The van der Waals surface area contributed by atoms with E-state index in [0.717, 1.165) is 0 Å². The highest BCUT2D eigenvalue weighted by Gasteiger charge is 2.12. The molecule has 0 fully saturated rings. The molecule has 18 heavy (non-hydrogen) atoms. The summed E-state index contributed by atoms with van der Waals surface area (Å²) in [6.45, 7) is 3.90. The van der Waals surface area contributed by atoms with Gasteiger partial charge in [0.1, 0.15) is 5.75 Å². The van der Waals surface area contributed by atoms with E-state index in [9.17, 15) is 9.59 Å². The highest BCUT2D eigenvalue weighted by molar-refractivity contribution is 5.94. The third-order valence-corrected chi connectivity index (χ3v) is 2.32. The second-order valence-electron chi connectivity index (χ2n) is 4.37. The first-order valence-corrected chi connectivity index (χ1v) is 5.65. The van der Waals surface area contributed by atoms with Crippen molar-refractivity contribution in [1.82, 2.24) is 0 Å². The molecule has 0 radical (unpaired) electrons. The quantitative estimate of drug-likeness (QED) is 0.842. The lowest BCUT2D eigenvalue weighted by molar-refractivity contribution is -0.116. The van der Waals surface area contributed by atoms with Crippen molar-refractivity contribution < 1.29 is 19.4 Å². The van der Waals surface area contributed by atoms with Gasteiger partial charge >= 0.3 is 5.97 Å². The molecule has 0 aliphatic rings. The molecule has 1 aromatic carbocycles. The smallest absolute Gasteiger partial charge is 0.335 e. The van der Waals surface area contributed by atoms with Gasteiger partial charge < -0.3 is 15.2 Å². The summed E-state index contributed by atoms with van der Waals surface area (Å²) in [6, 6.07) is 4.34. The van der Waals surface area contributed by atoms with Crippen LogP contribution in [0.5, 0.6) is 5.75 Å². The number of benzene rings is 1. The zero-order valence-corrected chi connectivity index (χ0v) is 10.7. The first-order chi connectivity index (χ1) is 8.43. The average molecular weight is 251 g/mol. The van der Waals surface area contributed by atoms with Gasteiger partial charge in [-0.1, -0.05) is 13.8 Å². The third-order valence-electron chi connectivity index (χ3n) is 2.32. The molecule has 98 valence electrons. The SMILES string of the molecule is COc1cc(C(=O)O)ccc1NC(=O)CC(C)C. The van der Waals surface area contributed by atoms with E-state index >= 15 is 0 Å². The second-order valence-corrected chi connectivity index (χ2v) is 4.37. The van der Waals surface area contributed by atoms with Gasteiger partial charge in [0.2, 0.25) is 5.91 Å². The normalized spacial score (nSPS) is 10.2. The molecule has 0 saturated heterocycles. The lowest BCUT2D eigenvalue weighted by Gasteiger charge is -2.11. The van der Waals surface area contributed by atoms with Crippen LogP contribution in [0, 0.1) is 5.92 Å². The Hall–Kier alpha value is -2.04. The molecule has 0 aliphatic carbocycles. The van der Waals surface area contributed by atoms with E-state index in [0.29, 0.717) is 17.9 Å². The number of hydrogen-bond acceptors (Lipinski definition) is 3. The van der Waals surface area contributed by atoms with E-state index in [-0.39, 0.29) is 17.4 Å². The lowest BCUT2D eigenvalue weighted by atomic mass is 10.1. The molecular formula is C13H17NO4. The average Bonchev–Trinajstić information content (AvgIpc) is 2.27. The van der Waals surface area contributed by atoms with Crippen LogP contribution in [0.25, 0.3) is 0 Å². The van der Waals surface area contributed by atoms with Gasteiger partial charge in [-0.05, 0) is 24.1 Å². The molecule has 0 atom stereocenters. The summed E-state index contributed by atoms with van der Waals surface area (Å²) in [5, 5.41) is 11.6. The summed E-state index contributed by atoms with van der Waals surface area (Å²) < 4.78 is 5.06. The summed E-state index contributed by atoms with van der Waals surface area (Å²) in [7, 11) is 1.43. The topological polar surface area (TPSA) is 75.6 Å². The fourth-order valence-electron chi connectivity index (χ4n) is 1.50. The fourth-order valence-corrected chi connectivity index (χ4v) is 1.50. The molecule has 0 unspecified atom stereocenters. The van der Waals surface area contributed by atoms with Gasteiger partial charge in [-0.3, -0.25) is 4.79 Å². The van der Waals surface area contributed by atoms with E-state index in [2.05, 4.69) is 5.32 Å². The van der Waals surface area contributed by atoms with Crippen molar-refractivity contribution in [2.45, 2.75) is 20.3 Å². The summed E-state index contributed by atoms with van der Waals surface area (Å²) >= 11 is 0. The highest BCUT2D eigenvalue weighted by Crippen LogP contribution is 2.26. The zero-order chi connectivity index (χ0) is 13.7. The minimum absolute atomic E-state index is 0.119. The van der Waals surface area contributed by atoms with Crippen LogP contribution in [0.3, 0.4) is 0 Å². The number of carboxylic acids is 1. The lowest BCUT2D eigenvalue weighted by Crippen LogP contribution is -2.14. The number of anilines is 1. The van der Waals surface area contributed by atoms with E-state index in [1.165, 1.54) is 25.3 Å². The van der Waals surface area contributed by atoms with Crippen LogP contribution < -0.4 is 10.1 Å². The van der Waals surface area contributed by atoms with E-state index < -0.39 is 5.97 Å². The van der Waals surface area contributed by atoms with Crippen LogP contribution in [0.2, 0.25) is 0 Å². The summed E-state index contributed by atoms with van der Waals surface area (Å²) in [5.74, 6) is -0.555. The number of amides is 1. The predicted octanol–water partition coefficient (Wildman–Crippen LogP) is 2.38. The molecule has 5 heteroatoms. The Bertz CT molecular complexity index is 454. The third kappa shape index (κ3) is 3.76. The zero-order valence-electron chi connectivity index (χ0n) is 10.7. The van der Waals surface area contributed by atoms with E-state index in [4.69, 9.17) is 9.84 Å². The largest absolute Gasteiger partial charge is 0.495 e. The maximum Gasteiger partial charge on any atom is 0.335 e. The van der Waals surface area contributed by atoms with Crippen LogP contribution in [-0.4, -0.2) is 24.1 Å². The molecule has 0 aliphatic heterocycles. The molecule has 1 rings (SSSR count). The molecule has 0 bridgehead atoms. The fraction of sp³-hybridized carbons (Fsp3) is 0.385. The number of carbonyl (C=O) groups is 2. The van der Waals surface area contributed by atoms with Gasteiger partial charge in [-0.25, -0.2) is 4.79 Å². The van der Waals surface area contributed by atoms with Gasteiger partial charge in [-0.2, -0.15) is 0 Å². The maximum absolute atomic E-state index is 11.6. The molecule has 0 spiro atoms. The van der Waals surface area contributed by atoms with Gasteiger partial charge in [0.25, 0.3) is 0 Å². The second kappa shape index (κ2) is 6.05. The molecule has 1 aromatic rings. The van der Waals surface area contributed by atoms with Crippen LogP contribution >= 0.6 is 0 Å². The van der Waals surface area contributed by atoms with Crippen molar-refractivity contribution >= 4 is 17.6 Å². The Morgan fingerprint density at radius 1 is 1.39 bits per heavy atom. The number of ether oxygens (including phenoxy) is 1. The number of rotatable bonds is 5. The molecule has 5 nitrogen and oxygen atoms in total. The monoisotopic (exact) mass is 251 g/mol. The van der Waals surface area contributed by atoms with E-state index in [1.54, 1.807) is 0 Å². The Labute approximate surface area is 106 Å². The standard InChI is InChI=1S/C13H17NO4/c1-8(2)6-12(15)14-10-5-4-9(13(16)17)7-11(10)18-3/h4-5,7-8H,6H2,1-3H3,(H,14,15)(H,16,17). The first-order valence-electron chi connectivity index (χ1n) is 5.65. The number of methoxy groups -OCH3 is 1. The van der Waals surface area contributed by atoms with Crippen LogP contribution in [0.4, 0.5) is 5.69 Å². The maximum atomic E-state index is 11.6. The molecule has 1 amide bonds. The van der Waals surface area contributed by atoms with Crippen molar-refractivity contribution in [2.75, 3.05) is 12.4 Å². The first kappa shape index (κ1) is 14.0. The number of nitrogens with one attached hydrogen (secondary N) is 1. The van der Waals surface area contributed by atoms with Crippen LogP contribution in [0.1, 0.15) is 30.6 Å². The predicted molar refractivity (Wildman–Crippen MR) is 68.0 cm³/mol. The number of hydrogen-bond donors (Lipinski definition) is 2. The minimum atomic E-state index is -1.03. The Morgan fingerprint density at radius 3 is 2.56 bits per heavy atom. The van der Waals surface area contributed by atoms with Crippen LogP contribution in [-0.2, 0) is 4.79 Å². The molecule has 0 heterocycles. The molecule has 0 saturated carbocycles. The molecular weight excluding hydrogens is 234 g/mol. The van der Waals surface area contributed by atoms with Gasteiger partial charge in [0, 0.05) is 6.42 Å². The Balaban J connectivity index is 2.89. The number of aromatic carboxylic acids is 1. The summed E-state index contributed by atoms with van der Waals surface area (Å²) in [5.41, 5.74) is 0.599. The molecule has 0 aromatic heterocycles. The van der Waals surface area contributed by atoms with Gasteiger partial charge in [0.05, 0.1) is 18.4 Å². The van der Waals surface area contributed by atoms with Crippen molar-refractivity contribution in [1.29, 1.82) is 0 Å². The highest BCUT2D eigenvalue weighted by atomic mass is 16.5. The minimum Gasteiger partial charge on any atom is -0.495 e.